The first kappa shape index (κ1) is 24.0. The first-order valence-corrected chi connectivity index (χ1v) is 11.8. The normalized spacial score (nSPS) is 11.0. The largest absolute Gasteiger partial charge is 0.482 e. The number of nitrogens with one attached hydrogen (secondary N) is 1. The molecule has 4 rings (SSSR count). The minimum absolute atomic E-state index is 0.226. The highest BCUT2D eigenvalue weighted by Gasteiger charge is 2.19. The third kappa shape index (κ3) is 5.69. The van der Waals surface area contributed by atoms with Crippen molar-refractivity contribution in [2.24, 2.45) is 5.10 Å². The van der Waals surface area contributed by atoms with Crippen molar-refractivity contribution in [3.63, 3.8) is 0 Å². The van der Waals surface area contributed by atoms with Crippen molar-refractivity contribution in [3.05, 3.63) is 92.2 Å². The van der Waals surface area contributed by atoms with E-state index in [9.17, 15) is 9.59 Å². The lowest BCUT2D eigenvalue weighted by atomic mass is 10.2. The number of hydrogen-bond acceptors (Lipinski definition) is 6. The highest BCUT2D eigenvalue weighted by molar-refractivity contribution is 7.21. The molecular weight excluding hydrogens is 519 g/mol. The van der Waals surface area contributed by atoms with Crippen molar-refractivity contribution in [2.75, 3.05) is 6.61 Å². The van der Waals surface area contributed by atoms with Gasteiger partial charge in [-0.25, -0.2) is 10.2 Å². The number of esters is 1. The smallest absolute Gasteiger partial charge is 0.355 e. The van der Waals surface area contributed by atoms with Gasteiger partial charge in [0.1, 0.15) is 21.4 Å². The van der Waals surface area contributed by atoms with Crippen LogP contribution in [0, 0.1) is 0 Å². The Hall–Kier alpha value is -3.10. The molecule has 0 aliphatic heterocycles. The van der Waals surface area contributed by atoms with Gasteiger partial charge in [-0.15, -0.1) is 11.3 Å². The van der Waals surface area contributed by atoms with E-state index >= 15 is 0 Å². The third-order valence-corrected chi connectivity index (χ3v) is 6.92. The topological polar surface area (TPSA) is 77.0 Å². The van der Waals surface area contributed by atoms with Crippen molar-refractivity contribution >= 4 is 74.3 Å². The molecule has 4 aromatic rings. The van der Waals surface area contributed by atoms with Gasteiger partial charge >= 0.3 is 5.97 Å². The molecule has 1 heterocycles. The Labute approximate surface area is 213 Å². The molecule has 3 aromatic carbocycles. The summed E-state index contributed by atoms with van der Waals surface area (Å²) >= 11 is 19.6. The van der Waals surface area contributed by atoms with Gasteiger partial charge in [0, 0.05) is 10.1 Å². The molecule has 0 atom stereocenters. The van der Waals surface area contributed by atoms with Crippen LogP contribution in [0.2, 0.25) is 15.1 Å². The van der Waals surface area contributed by atoms with Crippen molar-refractivity contribution in [3.8, 4) is 11.5 Å². The average Bonchev–Trinajstić information content (AvgIpc) is 3.17. The maximum atomic E-state index is 12.6. The molecule has 0 saturated heterocycles. The van der Waals surface area contributed by atoms with Gasteiger partial charge in [0.25, 0.3) is 5.91 Å². The second kappa shape index (κ2) is 10.9. The Morgan fingerprint density at radius 2 is 1.76 bits per heavy atom. The van der Waals surface area contributed by atoms with E-state index in [4.69, 9.17) is 44.3 Å². The molecule has 0 aliphatic rings. The predicted octanol–water partition coefficient (Wildman–Crippen LogP) is 6.61. The number of carbonyl (C=O) groups is 2. The monoisotopic (exact) mass is 532 g/mol. The number of amides is 1. The maximum Gasteiger partial charge on any atom is 0.355 e. The molecule has 1 amide bonds. The summed E-state index contributed by atoms with van der Waals surface area (Å²) in [6, 6.07) is 19.0. The lowest BCUT2D eigenvalue weighted by Crippen LogP contribution is -2.24. The summed E-state index contributed by atoms with van der Waals surface area (Å²) < 4.78 is 11.7. The predicted molar refractivity (Wildman–Crippen MR) is 136 cm³/mol. The number of hydrogen-bond donors (Lipinski definition) is 1. The molecule has 0 aliphatic carbocycles. The van der Waals surface area contributed by atoms with E-state index in [2.05, 4.69) is 10.5 Å². The van der Waals surface area contributed by atoms with Crippen molar-refractivity contribution in [2.45, 2.75) is 0 Å². The van der Waals surface area contributed by atoms with Gasteiger partial charge in [-0.05, 0) is 35.9 Å². The number of benzene rings is 3. The fourth-order valence-corrected chi connectivity index (χ4v) is 4.64. The van der Waals surface area contributed by atoms with E-state index in [0.717, 1.165) is 10.1 Å². The van der Waals surface area contributed by atoms with E-state index in [1.165, 1.54) is 17.6 Å². The molecule has 0 bridgehead atoms. The molecule has 172 valence electrons. The number of rotatable bonds is 7. The van der Waals surface area contributed by atoms with Gasteiger partial charge in [-0.3, -0.25) is 4.79 Å². The van der Waals surface area contributed by atoms with Gasteiger partial charge in [-0.2, -0.15) is 5.10 Å². The fraction of sp³-hybridized carbons (Fsp3) is 0.0417. The molecule has 0 fully saturated rings. The number of hydrazone groups is 1. The van der Waals surface area contributed by atoms with Crippen molar-refractivity contribution in [1.29, 1.82) is 0 Å². The fourth-order valence-electron chi connectivity index (χ4n) is 2.91. The summed E-state index contributed by atoms with van der Waals surface area (Å²) in [6.45, 7) is -0.301. The summed E-state index contributed by atoms with van der Waals surface area (Å²) in [4.78, 5) is 24.9. The zero-order valence-corrected chi connectivity index (χ0v) is 20.3. The number of halogens is 3. The molecule has 1 N–H and O–H groups in total. The zero-order valence-electron chi connectivity index (χ0n) is 17.3. The molecule has 0 saturated carbocycles. The lowest BCUT2D eigenvalue weighted by molar-refractivity contribution is -0.123. The van der Waals surface area contributed by atoms with E-state index < -0.39 is 11.9 Å². The number of fused-ring (bicyclic) bond motifs is 1. The summed E-state index contributed by atoms with van der Waals surface area (Å²) in [6.07, 6.45) is 1.41. The quantitative estimate of drug-likeness (QED) is 0.125. The molecule has 0 radical (unpaired) electrons. The highest BCUT2D eigenvalue weighted by Crippen LogP contribution is 2.36. The maximum absolute atomic E-state index is 12.6. The Balaban J connectivity index is 1.34. The summed E-state index contributed by atoms with van der Waals surface area (Å²) in [5.74, 6) is -0.436. The Morgan fingerprint density at radius 3 is 2.59 bits per heavy atom. The van der Waals surface area contributed by atoms with E-state index in [1.54, 1.807) is 42.5 Å². The number of ether oxygens (including phenoxy) is 2. The van der Waals surface area contributed by atoms with Crippen LogP contribution in [0.25, 0.3) is 10.1 Å². The molecule has 34 heavy (non-hydrogen) atoms. The van der Waals surface area contributed by atoms with Crippen LogP contribution in [0.5, 0.6) is 11.5 Å². The highest BCUT2D eigenvalue weighted by atomic mass is 35.5. The summed E-state index contributed by atoms with van der Waals surface area (Å²) in [5, 5.41) is 5.62. The Bertz CT molecular complexity index is 1400. The Morgan fingerprint density at radius 1 is 0.971 bits per heavy atom. The molecule has 10 heteroatoms. The van der Waals surface area contributed by atoms with Crippen LogP contribution < -0.4 is 14.9 Å². The van der Waals surface area contributed by atoms with Gasteiger partial charge in [0.05, 0.1) is 16.3 Å². The van der Waals surface area contributed by atoms with Crippen LogP contribution in [0.15, 0.2) is 71.8 Å². The number of nitrogens with zero attached hydrogens (tertiary/aromatic N) is 1. The van der Waals surface area contributed by atoms with E-state index in [1.807, 2.05) is 24.3 Å². The van der Waals surface area contributed by atoms with Gasteiger partial charge < -0.3 is 9.47 Å². The zero-order chi connectivity index (χ0) is 24.1. The summed E-state index contributed by atoms with van der Waals surface area (Å²) in [7, 11) is 0. The molecule has 0 spiro atoms. The molecule has 6 nitrogen and oxygen atoms in total. The van der Waals surface area contributed by atoms with Crippen LogP contribution in [0.4, 0.5) is 0 Å². The Kier molecular flexibility index (Phi) is 7.70. The van der Waals surface area contributed by atoms with Crippen LogP contribution in [0.1, 0.15) is 15.2 Å². The van der Waals surface area contributed by atoms with Crippen LogP contribution in [-0.2, 0) is 4.79 Å². The minimum Gasteiger partial charge on any atom is -0.482 e. The van der Waals surface area contributed by atoms with E-state index in [-0.39, 0.29) is 11.6 Å². The minimum atomic E-state index is -0.551. The molecule has 1 aromatic heterocycles. The van der Waals surface area contributed by atoms with Gasteiger partial charge in [-0.1, -0.05) is 71.2 Å². The average molecular weight is 534 g/mol. The van der Waals surface area contributed by atoms with E-state index in [0.29, 0.717) is 32.0 Å². The van der Waals surface area contributed by atoms with Crippen LogP contribution in [-0.4, -0.2) is 24.7 Å². The van der Waals surface area contributed by atoms with Crippen LogP contribution in [0.3, 0.4) is 0 Å². The number of thiophene rings is 1. The van der Waals surface area contributed by atoms with Crippen LogP contribution >= 0.6 is 46.1 Å². The first-order valence-electron chi connectivity index (χ1n) is 9.80. The van der Waals surface area contributed by atoms with Crippen molar-refractivity contribution < 1.29 is 19.1 Å². The molecule has 0 unspecified atom stereocenters. The first-order chi connectivity index (χ1) is 16.4. The lowest BCUT2D eigenvalue weighted by Gasteiger charge is -2.07. The molecular formula is C24H15Cl3N2O4S. The standard InChI is InChI=1S/C24H15Cl3N2O4S/c25-17-8-4-9-18(22(17)27)32-13-20(30)29-28-12-14-5-3-6-15(11-14)33-24(31)23-21(26)16-7-1-2-10-19(16)34-23/h1-12H,13H2,(H,29,30)/b28-12-. The SMILES string of the molecule is O=C(COc1cccc(Cl)c1Cl)N/N=C\c1cccc(OC(=O)c2sc3ccccc3c2Cl)c1. The van der Waals surface area contributed by atoms with Gasteiger partial charge in [0.2, 0.25) is 0 Å². The number of carbonyl (C=O) groups excluding carboxylic acids is 2. The van der Waals surface area contributed by atoms with Gasteiger partial charge in [0.15, 0.2) is 6.61 Å². The van der Waals surface area contributed by atoms with Crippen molar-refractivity contribution in [1.82, 2.24) is 5.43 Å². The third-order valence-electron chi connectivity index (χ3n) is 4.47. The second-order valence-electron chi connectivity index (χ2n) is 6.84. The summed E-state index contributed by atoms with van der Waals surface area (Å²) in [5.41, 5.74) is 2.95. The second-order valence-corrected chi connectivity index (χ2v) is 9.05.